The largest absolute Gasteiger partial charge is 0.307 e. The second-order valence-electron chi connectivity index (χ2n) is 16.3. The van der Waals surface area contributed by atoms with Crippen molar-refractivity contribution in [1.82, 2.24) is 14.1 Å². The average molecular weight is 815 g/mol. The second kappa shape index (κ2) is 15.3. The Morgan fingerprint density at radius 3 is 0.969 bits per heavy atom. The summed E-state index contributed by atoms with van der Waals surface area (Å²) in [6.45, 7) is 8.14. The summed E-state index contributed by atoms with van der Waals surface area (Å²) >= 11 is 0. The van der Waals surface area contributed by atoms with Crippen molar-refractivity contribution in [2.24, 2.45) is 0 Å². The Balaban J connectivity index is 1.23. The van der Waals surface area contributed by atoms with Gasteiger partial charge < -0.3 is 9.13 Å². The third-order valence-electron chi connectivity index (χ3n) is 12.6. The first kappa shape index (κ1) is 37.0. The average Bonchev–Trinajstić information content (AvgIpc) is 3.88. The van der Waals surface area contributed by atoms with E-state index >= 15 is 0 Å². The van der Waals surface area contributed by atoms with Crippen molar-refractivity contribution < 1.29 is 0 Å². The van der Waals surface area contributed by atoms with Crippen LogP contribution in [0.25, 0.3) is 115 Å². The van der Waals surface area contributed by atoms with Crippen LogP contribution in [0.5, 0.6) is 0 Å². The van der Waals surface area contributed by atoms with Gasteiger partial charge >= 0.3 is 0 Å². The molecular weight excluding hydrogens is 777 g/mol. The molecule has 64 heavy (non-hydrogen) atoms. The van der Waals surface area contributed by atoms with Crippen molar-refractivity contribution in [3.8, 4) is 67.0 Å². The Hall–Kier alpha value is -8.78. The molecule has 0 amide bonds. The lowest BCUT2D eigenvalue weighted by Crippen LogP contribution is -2.05. The fraction of sp³-hybridized carbons (Fsp3) is 0. The van der Waals surface area contributed by atoms with Crippen LogP contribution in [0.2, 0.25) is 0 Å². The molecule has 0 saturated heterocycles. The van der Waals surface area contributed by atoms with Crippen molar-refractivity contribution in [3.05, 3.63) is 242 Å². The predicted molar refractivity (Wildman–Crippen MR) is 266 cm³/mol. The Morgan fingerprint density at radius 1 is 0.312 bits per heavy atom. The molecule has 3 aromatic heterocycles. The highest BCUT2D eigenvalue weighted by molar-refractivity contribution is 6.14. The van der Waals surface area contributed by atoms with Crippen LogP contribution in [0, 0.1) is 6.57 Å². The van der Waals surface area contributed by atoms with Crippen molar-refractivity contribution >= 4 is 49.3 Å². The van der Waals surface area contributed by atoms with Crippen LogP contribution in [-0.2, 0) is 0 Å². The Kier molecular flexibility index (Phi) is 8.84. The molecule has 12 aromatic rings. The molecule has 0 radical (unpaired) electrons. The third kappa shape index (κ3) is 6.18. The minimum atomic E-state index is 0.575. The molecule has 0 spiro atoms. The number of pyridine rings is 1. The molecule has 0 N–H and O–H groups in total. The molecule has 4 nitrogen and oxygen atoms in total. The number of fused-ring (bicyclic) bond motifs is 6. The Labute approximate surface area is 371 Å². The van der Waals surface area contributed by atoms with Crippen molar-refractivity contribution in [2.45, 2.75) is 0 Å². The van der Waals surface area contributed by atoms with Gasteiger partial charge in [-0.3, -0.25) is 4.98 Å². The Bertz CT molecular complexity index is 3350. The summed E-state index contributed by atoms with van der Waals surface area (Å²) in [5.41, 5.74) is 17.7. The molecule has 4 heteroatoms. The van der Waals surface area contributed by atoms with Gasteiger partial charge in [-0.05, 0) is 80.4 Å². The van der Waals surface area contributed by atoms with Gasteiger partial charge in [0.15, 0.2) is 5.69 Å². The van der Waals surface area contributed by atoms with Crippen LogP contribution in [0.15, 0.2) is 231 Å². The molecule has 0 aliphatic carbocycles. The highest BCUT2D eigenvalue weighted by Gasteiger charge is 2.24. The van der Waals surface area contributed by atoms with Crippen molar-refractivity contribution in [3.63, 3.8) is 0 Å². The van der Waals surface area contributed by atoms with Gasteiger partial charge in [0.2, 0.25) is 0 Å². The van der Waals surface area contributed by atoms with Crippen molar-refractivity contribution in [1.29, 1.82) is 0 Å². The predicted octanol–water partition coefficient (Wildman–Crippen LogP) is 16.2. The molecule has 0 saturated carbocycles. The number of aromatic nitrogens is 3. The van der Waals surface area contributed by atoms with E-state index in [9.17, 15) is 0 Å². The lowest BCUT2D eigenvalue weighted by atomic mass is 10.0. The maximum Gasteiger partial charge on any atom is 0.187 e. The molecule has 0 bridgehead atoms. The first-order valence-corrected chi connectivity index (χ1v) is 21.5. The SMILES string of the molecule is [C-]#[N+]c1cccc(-c2c(-n3c4cc(-c5ccccc5)ccc4c4ccc(-c5ccccc5)cc43)cncc2-n2c3cc(-c4ccccc4)ccc3c3ccc(-c4ccccc4)cc32)c1. The highest BCUT2D eigenvalue weighted by atomic mass is 15.0. The van der Waals surface area contributed by atoms with E-state index < -0.39 is 0 Å². The molecular formula is C60H38N4. The summed E-state index contributed by atoms with van der Waals surface area (Å²) in [6.07, 6.45) is 4.01. The zero-order valence-corrected chi connectivity index (χ0v) is 34.7. The van der Waals surface area contributed by atoms with E-state index in [0.717, 1.165) is 111 Å². The van der Waals surface area contributed by atoms with E-state index in [1.165, 1.54) is 0 Å². The third-order valence-corrected chi connectivity index (χ3v) is 12.6. The summed E-state index contributed by atoms with van der Waals surface area (Å²) in [5, 5.41) is 4.60. The van der Waals surface area contributed by atoms with E-state index in [-0.39, 0.29) is 0 Å². The van der Waals surface area contributed by atoms with E-state index in [1.807, 2.05) is 30.6 Å². The number of benzene rings is 9. The van der Waals surface area contributed by atoms with Crippen LogP contribution in [0.1, 0.15) is 0 Å². The quantitative estimate of drug-likeness (QED) is 0.147. The summed E-state index contributed by atoms with van der Waals surface area (Å²) in [5.74, 6) is 0. The number of hydrogen-bond donors (Lipinski definition) is 0. The number of nitrogens with zero attached hydrogens (tertiary/aromatic N) is 4. The number of hydrogen-bond acceptors (Lipinski definition) is 1. The molecule has 298 valence electrons. The van der Waals surface area contributed by atoms with Crippen LogP contribution in [-0.4, -0.2) is 14.1 Å². The number of rotatable bonds is 7. The summed E-state index contributed by atoms with van der Waals surface area (Å²) < 4.78 is 4.80. The summed E-state index contributed by atoms with van der Waals surface area (Å²) in [4.78, 5) is 9.12. The molecule has 0 fully saturated rings. The van der Waals surface area contributed by atoms with Crippen LogP contribution in [0.3, 0.4) is 0 Å². The Morgan fingerprint density at radius 2 is 0.641 bits per heavy atom. The van der Waals surface area contributed by atoms with Gasteiger partial charge in [-0.1, -0.05) is 188 Å². The highest BCUT2D eigenvalue weighted by Crippen LogP contribution is 2.44. The maximum absolute atomic E-state index is 8.14. The van der Waals surface area contributed by atoms with Crippen LogP contribution < -0.4 is 0 Å². The monoisotopic (exact) mass is 814 g/mol. The standard InChI is InChI=1S/C60H38N4/c1-61-49-24-14-23-48(33-49)60-58(63-54-34-44(40-15-6-2-7-16-40)25-29-50(54)51-30-26-45(35-55(51)63)41-17-8-3-9-18-41)38-62-39-59(60)64-56-36-46(42-19-10-4-11-20-42)27-31-52(56)53-32-28-47(37-57(53)64)43-21-12-5-13-22-43/h2-39H. The topological polar surface area (TPSA) is 27.1 Å². The lowest BCUT2D eigenvalue weighted by molar-refractivity contribution is 1.09. The minimum absolute atomic E-state index is 0.575. The lowest BCUT2D eigenvalue weighted by Gasteiger charge is -2.20. The van der Waals surface area contributed by atoms with Gasteiger partial charge in [-0.25, -0.2) is 4.85 Å². The van der Waals surface area contributed by atoms with E-state index in [0.29, 0.717) is 5.69 Å². The van der Waals surface area contributed by atoms with E-state index in [1.54, 1.807) is 0 Å². The minimum Gasteiger partial charge on any atom is -0.307 e. The molecule has 0 aliphatic rings. The maximum atomic E-state index is 8.14. The second-order valence-corrected chi connectivity index (χ2v) is 16.3. The van der Waals surface area contributed by atoms with E-state index in [2.05, 4.69) is 214 Å². The van der Waals surface area contributed by atoms with E-state index in [4.69, 9.17) is 11.6 Å². The zero-order valence-electron chi connectivity index (χ0n) is 34.7. The van der Waals surface area contributed by atoms with Gasteiger partial charge in [-0.2, -0.15) is 0 Å². The molecule has 3 heterocycles. The van der Waals surface area contributed by atoms with Gasteiger partial charge in [0.1, 0.15) is 0 Å². The molecule has 0 atom stereocenters. The first-order valence-electron chi connectivity index (χ1n) is 21.5. The van der Waals surface area contributed by atoms with Crippen LogP contribution in [0.4, 0.5) is 5.69 Å². The van der Waals surface area contributed by atoms with Crippen LogP contribution >= 0.6 is 0 Å². The van der Waals surface area contributed by atoms with Gasteiger partial charge in [0.05, 0.1) is 52.4 Å². The fourth-order valence-electron chi connectivity index (χ4n) is 9.60. The van der Waals surface area contributed by atoms with Gasteiger partial charge in [0, 0.05) is 27.1 Å². The van der Waals surface area contributed by atoms with Crippen molar-refractivity contribution in [2.75, 3.05) is 0 Å². The molecule has 9 aromatic carbocycles. The van der Waals surface area contributed by atoms with Gasteiger partial charge in [0.25, 0.3) is 0 Å². The first-order chi connectivity index (χ1) is 31.7. The smallest absolute Gasteiger partial charge is 0.187 e. The van der Waals surface area contributed by atoms with Gasteiger partial charge in [-0.15, -0.1) is 0 Å². The normalized spacial score (nSPS) is 11.4. The summed E-state index contributed by atoms with van der Waals surface area (Å²) in [7, 11) is 0. The molecule has 0 aliphatic heterocycles. The molecule has 0 unspecified atom stereocenters. The zero-order chi connectivity index (χ0) is 42.6. The fourth-order valence-corrected chi connectivity index (χ4v) is 9.60. The molecule has 12 rings (SSSR count). The summed E-state index contributed by atoms with van der Waals surface area (Å²) in [6, 6.07) is 77.6.